The molecule has 0 radical (unpaired) electrons. The van der Waals surface area contributed by atoms with E-state index in [1.54, 1.807) is 0 Å². The number of rotatable bonds is 6. The van der Waals surface area contributed by atoms with E-state index < -0.39 is 12.0 Å². The highest BCUT2D eigenvalue weighted by atomic mass is 16.4. The predicted molar refractivity (Wildman–Crippen MR) is 60.1 cm³/mol. The van der Waals surface area contributed by atoms with Crippen LogP contribution in [0.2, 0.25) is 0 Å². The van der Waals surface area contributed by atoms with Crippen LogP contribution in [0.5, 0.6) is 0 Å². The summed E-state index contributed by atoms with van der Waals surface area (Å²) in [7, 11) is 2.08. The van der Waals surface area contributed by atoms with E-state index >= 15 is 0 Å². The van der Waals surface area contributed by atoms with E-state index in [0.717, 1.165) is 19.4 Å². The number of carbonyl (C=O) groups is 2. The molecule has 5 nitrogen and oxygen atoms in total. The molecular weight excluding hydrogens is 208 g/mol. The van der Waals surface area contributed by atoms with Gasteiger partial charge in [-0.2, -0.15) is 0 Å². The molecule has 2 unspecified atom stereocenters. The predicted octanol–water partition coefficient (Wildman–Crippen LogP) is 0.450. The number of carbonyl (C=O) groups excluding carboxylic acids is 1. The molecule has 1 saturated heterocycles. The van der Waals surface area contributed by atoms with Gasteiger partial charge in [-0.15, -0.1) is 0 Å². The number of carboxylic acids is 1. The Kier molecular flexibility index (Phi) is 5.25. The van der Waals surface area contributed by atoms with E-state index in [1.165, 1.54) is 12.8 Å². The number of amides is 1. The van der Waals surface area contributed by atoms with Crippen molar-refractivity contribution in [2.45, 2.75) is 44.2 Å². The number of aliphatic carboxylic acids is 1. The molecule has 0 aliphatic carbocycles. The molecule has 0 aromatic heterocycles. The van der Waals surface area contributed by atoms with Gasteiger partial charge in [0.2, 0.25) is 6.41 Å². The molecule has 0 aromatic carbocycles. The van der Waals surface area contributed by atoms with Gasteiger partial charge < -0.3 is 15.3 Å². The summed E-state index contributed by atoms with van der Waals surface area (Å²) in [6.07, 6.45) is 5.36. The third-order valence-corrected chi connectivity index (χ3v) is 3.28. The Balaban J connectivity index is 2.35. The van der Waals surface area contributed by atoms with E-state index in [1.807, 2.05) is 0 Å². The number of nitrogens with one attached hydrogen (secondary N) is 1. The van der Waals surface area contributed by atoms with Crippen molar-refractivity contribution in [1.29, 1.82) is 0 Å². The summed E-state index contributed by atoms with van der Waals surface area (Å²) in [5.74, 6) is -0.953. The van der Waals surface area contributed by atoms with Crippen molar-refractivity contribution in [1.82, 2.24) is 10.2 Å². The average Bonchev–Trinajstić information content (AvgIpc) is 2.26. The molecule has 2 atom stereocenters. The van der Waals surface area contributed by atoms with Crippen LogP contribution in [0.25, 0.3) is 0 Å². The first-order valence-electron chi connectivity index (χ1n) is 5.78. The fourth-order valence-electron chi connectivity index (χ4n) is 2.23. The minimum atomic E-state index is -0.953. The molecule has 16 heavy (non-hydrogen) atoms. The van der Waals surface area contributed by atoms with E-state index in [4.69, 9.17) is 5.11 Å². The zero-order chi connectivity index (χ0) is 12.0. The molecule has 0 spiro atoms. The van der Waals surface area contributed by atoms with Gasteiger partial charge in [0.15, 0.2) is 0 Å². The summed E-state index contributed by atoms with van der Waals surface area (Å²) in [6.45, 7) is 1.09. The first kappa shape index (κ1) is 13.0. The summed E-state index contributed by atoms with van der Waals surface area (Å²) in [5.41, 5.74) is 0. The number of nitrogens with zero attached hydrogens (tertiary/aromatic N) is 1. The van der Waals surface area contributed by atoms with Crippen LogP contribution in [-0.2, 0) is 9.59 Å². The van der Waals surface area contributed by atoms with E-state index in [2.05, 4.69) is 17.3 Å². The molecule has 1 amide bonds. The maximum Gasteiger partial charge on any atom is 0.326 e. The van der Waals surface area contributed by atoms with Crippen molar-refractivity contribution in [3.05, 3.63) is 0 Å². The molecule has 1 rings (SSSR count). The molecule has 1 heterocycles. The molecule has 1 aliphatic heterocycles. The first-order valence-corrected chi connectivity index (χ1v) is 5.78. The zero-order valence-corrected chi connectivity index (χ0v) is 9.69. The lowest BCUT2D eigenvalue weighted by Crippen LogP contribution is -2.40. The van der Waals surface area contributed by atoms with Crippen LogP contribution in [0.4, 0.5) is 0 Å². The molecule has 0 saturated carbocycles. The van der Waals surface area contributed by atoms with Crippen LogP contribution in [0, 0.1) is 0 Å². The van der Waals surface area contributed by atoms with Crippen molar-refractivity contribution < 1.29 is 14.7 Å². The number of carboxylic acid groups (broad SMARTS) is 1. The summed E-state index contributed by atoms with van der Waals surface area (Å²) in [6, 6.07) is -0.281. The molecule has 1 fully saturated rings. The number of hydrogen-bond donors (Lipinski definition) is 2. The van der Waals surface area contributed by atoms with Gasteiger partial charge in [0.1, 0.15) is 6.04 Å². The van der Waals surface area contributed by atoms with Gasteiger partial charge in [-0.3, -0.25) is 4.79 Å². The zero-order valence-electron chi connectivity index (χ0n) is 9.69. The summed E-state index contributed by atoms with van der Waals surface area (Å²) in [4.78, 5) is 23.3. The lowest BCUT2D eigenvalue weighted by Gasteiger charge is -2.33. The topological polar surface area (TPSA) is 69.6 Å². The lowest BCUT2D eigenvalue weighted by atomic mass is 9.96. The maximum atomic E-state index is 10.8. The van der Waals surface area contributed by atoms with Gasteiger partial charge in [0, 0.05) is 6.04 Å². The largest absolute Gasteiger partial charge is 0.480 e. The van der Waals surface area contributed by atoms with E-state index in [-0.39, 0.29) is 0 Å². The fourth-order valence-corrected chi connectivity index (χ4v) is 2.23. The number of likely N-dealkylation sites (tertiary alicyclic amines) is 1. The second-order valence-corrected chi connectivity index (χ2v) is 4.38. The highest BCUT2D eigenvalue weighted by Crippen LogP contribution is 2.19. The standard InChI is InChI=1S/C11H20N2O3/c1-13-7-3-2-4-9(13)5-6-10(11(15)16)12-8-14/h8-10H,2-7H2,1H3,(H,12,14)(H,15,16). The smallest absolute Gasteiger partial charge is 0.326 e. The highest BCUT2D eigenvalue weighted by Gasteiger charge is 2.22. The van der Waals surface area contributed by atoms with E-state index in [0.29, 0.717) is 18.9 Å². The Hall–Kier alpha value is -1.10. The van der Waals surface area contributed by atoms with Crippen molar-refractivity contribution >= 4 is 12.4 Å². The normalized spacial score (nSPS) is 23.7. The Morgan fingerprint density at radius 2 is 2.38 bits per heavy atom. The molecule has 2 N–H and O–H groups in total. The minimum Gasteiger partial charge on any atom is -0.480 e. The van der Waals surface area contributed by atoms with Crippen molar-refractivity contribution in [2.24, 2.45) is 0 Å². The Morgan fingerprint density at radius 3 is 2.94 bits per heavy atom. The van der Waals surface area contributed by atoms with Crippen LogP contribution in [0.15, 0.2) is 0 Å². The van der Waals surface area contributed by atoms with Gasteiger partial charge in [-0.25, -0.2) is 4.79 Å². The molecular formula is C11H20N2O3. The van der Waals surface area contributed by atoms with Crippen LogP contribution >= 0.6 is 0 Å². The molecule has 0 bridgehead atoms. The third kappa shape index (κ3) is 3.81. The van der Waals surface area contributed by atoms with Crippen LogP contribution < -0.4 is 5.32 Å². The van der Waals surface area contributed by atoms with Crippen LogP contribution in [-0.4, -0.2) is 48.1 Å². The SMILES string of the molecule is CN1CCCCC1CCC(NC=O)C(=O)O. The second-order valence-electron chi connectivity index (χ2n) is 4.38. The van der Waals surface area contributed by atoms with Crippen molar-refractivity contribution in [3.8, 4) is 0 Å². The van der Waals surface area contributed by atoms with Gasteiger partial charge in [0.25, 0.3) is 0 Å². The summed E-state index contributed by atoms with van der Waals surface area (Å²) in [5, 5.41) is 11.2. The van der Waals surface area contributed by atoms with Gasteiger partial charge in [0.05, 0.1) is 0 Å². The van der Waals surface area contributed by atoms with Crippen molar-refractivity contribution in [2.75, 3.05) is 13.6 Å². The Morgan fingerprint density at radius 1 is 1.62 bits per heavy atom. The third-order valence-electron chi connectivity index (χ3n) is 3.28. The highest BCUT2D eigenvalue weighted by molar-refractivity contribution is 5.76. The number of hydrogen-bond acceptors (Lipinski definition) is 3. The molecule has 92 valence electrons. The Bertz CT molecular complexity index is 245. The van der Waals surface area contributed by atoms with Crippen LogP contribution in [0.3, 0.4) is 0 Å². The minimum absolute atomic E-state index is 0.462. The fraction of sp³-hybridized carbons (Fsp3) is 0.818. The van der Waals surface area contributed by atoms with Gasteiger partial charge in [-0.05, 0) is 39.3 Å². The molecule has 5 heteroatoms. The van der Waals surface area contributed by atoms with Gasteiger partial charge in [-0.1, -0.05) is 6.42 Å². The monoisotopic (exact) mass is 228 g/mol. The van der Waals surface area contributed by atoms with E-state index in [9.17, 15) is 9.59 Å². The van der Waals surface area contributed by atoms with Gasteiger partial charge >= 0.3 is 5.97 Å². The average molecular weight is 228 g/mol. The van der Waals surface area contributed by atoms with Crippen LogP contribution in [0.1, 0.15) is 32.1 Å². The summed E-state index contributed by atoms with van der Waals surface area (Å²) < 4.78 is 0. The second kappa shape index (κ2) is 6.48. The first-order chi connectivity index (χ1) is 7.65. The molecule has 0 aromatic rings. The Labute approximate surface area is 95.8 Å². The summed E-state index contributed by atoms with van der Waals surface area (Å²) >= 11 is 0. The molecule has 1 aliphatic rings. The maximum absolute atomic E-state index is 10.8. The van der Waals surface area contributed by atoms with Crippen molar-refractivity contribution in [3.63, 3.8) is 0 Å². The lowest BCUT2D eigenvalue weighted by molar-refractivity contribution is -0.140. The number of piperidine rings is 1. The quantitative estimate of drug-likeness (QED) is 0.648.